The number of amides is 1. The molecule has 1 aromatic carbocycles. The zero-order valence-electron chi connectivity index (χ0n) is 10.5. The van der Waals surface area contributed by atoms with E-state index < -0.39 is 0 Å². The van der Waals surface area contributed by atoms with E-state index >= 15 is 0 Å². The molecule has 0 spiro atoms. The fraction of sp³-hybridized carbons (Fsp3) is 0.500. The number of carbonyl (C=O) groups is 1. The first-order valence-electron chi connectivity index (χ1n) is 6.10. The molecule has 17 heavy (non-hydrogen) atoms. The van der Waals surface area contributed by atoms with Gasteiger partial charge in [-0.1, -0.05) is 44.5 Å². The number of rotatable bonds is 3. The predicted molar refractivity (Wildman–Crippen MR) is 71.4 cm³/mol. The number of para-hydroxylation sites is 1. The molecular weight excluding hydrogens is 234 g/mol. The lowest BCUT2D eigenvalue weighted by atomic mass is 9.83. The van der Waals surface area contributed by atoms with Crippen LogP contribution in [0.5, 0.6) is 0 Å². The number of halogens is 1. The highest BCUT2D eigenvalue weighted by Crippen LogP contribution is 2.42. The topological polar surface area (TPSA) is 29.1 Å². The largest absolute Gasteiger partial charge is 0.324 e. The molecule has 1 amide bonds. The molecule has 1 heterocycles. The molecule has 0 saturated heterocycles. The third kappa shape index (κ3) is 2.32. The van der Waals surface area contributed by atoms with Gasteiger partial charge in [0.1, 0.15) is 0 Å². The Morgan fingerprint density at radius 1 is 1.35 bits per heavy atom. The highest BCUT2D eigenvalue weighted by molar-refractivity contribution is 6.34. The lowest BCUT2D eigenvalue weighted by Crippen LogP contribution is -2.20. The molecule has 1 N–H and O–H groups in total. The van der Waals surface area contributed by atoms with Crippen LogP contribution in [0, 0.1) is 11.8 Å². The Kier molecular flexibility index (Phi) is 3.43. The van der Waals surface area contributed by atoms with E-state index in [1.165, 1.54) is 0 Å². The average Bonchev–Trinajstić information content (AvgIpc) is 2.55. The van der Waals surface area contributed by atoms with E-state index in [9.17, 15) is 4.79 Å². The Hall–Kier alpha value is -1.02. The van der Waals surface area contributed by atoms with E-state index in [1.807, 2.05) is 18.2 Å². The van der Waals surface area contributed by atoms with Crippen molar-refractivity contribution in [3.05, 3.63) is 28.8 Å². The average molecular weight is 252 g/mol. The molecule has 0 saturated carbocycles. The number of nitrogens with one attached hydrogen (secondary N) is 1. The zero-order chi connectivity index (χ0) is 12.6. The second kappa shape index (κ2) is 4.69. The highest BCUT2D eigenvalue weighted by atomic mass is 35.5. The summed E-state index contributed by atoms with van der Waals surface area (Å²) in [6, 6.07) is 5.73. The van der Waals surface area contributed by atoms with E-state index in [0.717, 1.165) is 17.7 Å². The second-order valence-electron chi connectivity index (χ2n) is 5.28. The molecule has 0 bridgehead atoms. The van der Waals surface area contributed by atoms with Gasteiger partial charge in [0, 0.05) is 0 Å². The van der Waals surface area contributed by atoms with E-state index in [2.05, 4.69) is 26.1 Å². The molecule has 92 valence electrons. The number of fused-ring (bicyclic) bond motifs is 1. The maximum absolute atomic E-state index is 12.0. The standard InChI is InChI=1S/C14H18ClNO/c1-8(2)7-9(3)12-10-5-4-6-11(15)13(10)16-14(12)17/h4-6,8-9,12H,7H2,1-3H3,(H,16,17). The zero-order valence-corrected chi connectivity index (χ0v) is 11.2. The Bertz CT molecular complexity index is 442. The normalized spacial score (nSPS) is 20.3. The van der Waals surface area contributed by atoms with Crippen LogP contribution in [0.1, 0.15) is 38.7 Å². The molecule has 0 fully saturated rings. The third-order valence-corrected chi connectivity index (χ3v) is 3.64. The van der Waals surface area contributed by atoms with E-state index in [4.69, 9.17) is 11.6 Å². The Balaban J connectivity index is 2.32. The van der Waals surface area contributed by atoms with Crippen LogP contribution >= 0.6 is 11.6 Å². The summed E-state index contributed by atoms with van der Waals surface area (Å²) in [4.78, 5) is 12.0. The van der Waals surface area contributed by atoms with Crippen molar-refractivity contribution < 1.29 is 4.79 Å². The Morgan fingerprint density at radius 3 is 2.71 bits per heavy atom. The molecule has 1 aliphatic heterocycles. The van der Waals surface area contributed by atoms with E-state index in [-0.39, 0.29) is 11.8 Å². The molecule has 2 rings (SSSR count). The number of anilines is 1. The molecular formula is C14H18ClNO. The van der Waals surface area contributed by atoms with Crippen molar-refractivity contribution in [2.24, 2.45) is 11.8 Å². The van der Waals surface area contributed by atoms with Crippen molar-refractivity contribution in [3.63, 3.8) is 0 Å². The van der Waals surface area contributed by atoms with Gasteiger partial charge in [-0.2, -0.15) is 0 Å². The van der Waals surface area contributed by atoms with Crippen molar-refractivity contribution in [1.29, 1.82) is 0 Å². The van der Waals surface area contributed by atoms with E-state index in [0.29, 0.717) is 16.9 Å². The quantitative estimate of drug-likeness (QED) is 0.863. The van der Waals surface area contributed by atoms with Gasteiger partial charge in [0.05, 0.1) is 16.6 Å². The number of carbonyl (C=O) groups excluding carboxylic acids is 1. The third-order valence-electron chi connectivity index (χ3n) is 3.32. The summed E-state index contributed by atoms with van der Waals surface area (Å²) in [5.74, 6) is 0.975. The van der Waals surface area contributed by atoms with Crippen LogP contribution in [0.3, 0.4) is 0 Å². The minimum absolute atomic E-state index is 0.0499. The summed E-state index contributed by atoms with van der Waals surface area (Å²) in [7, 11) is 0. The minimum Gasteiger partial charge on any atom is -0.324 e. The summed E-state index contributed by atoms with van der Waals surface area (Å²) >= 11 is 6.10. The van der Waals surface area contributed by atoms with Gasteiger partial charge in [-0.25, -0.2) is 0 Å². The van der Waals surface area contributed by atoms with Crippen molar-refractivity contribution in [3.8, 4) is 0 Å². The molecule has 1 aliphatic rings. The second-order valence-corrected chi connectivity index (χ2v) is 5.69. The van der Waals surface area contributed by atoms with Gasteiger partial charge in [-0.3, -0.25) is 4.79 Å². The van der Waals surface area contributed by atoms with Crippen molar-refractivity contribution >= 4 is 23.2 Å². The SMILES string of the molecule is CC(C)CC(C)C1C(=O)Nc2c(Cl)cccc21. The molecule has 0 radical (unpaired) electrons. The summed E-state index contributed by atoms with van der Waals surface area (Å²) in [6.45, 7) is 6.50. The molecule has 2 atom stereocenters. The lowest BCUT2D eigenvalue weighted by Gasteiger charge is -2.19. The van der Waals surface area contributed by atoms with Gasteiger partial charge >= 0.3 is 0 Å². The molecule has 1 aromatic rings. The molecule has 2 nitrogen and oxygen atoms in total. The first kappa shape index (κ1) is 12.4. The summed E-state index contributed by atoms with van der Waals surface area (Å²) in [6.07, 6.45) is 1.05. The smallest absolute Gasteiger partial charge is 0.232 e. The number of benzene rings is 1. The first-order chi connectivity index (χ1) is 8.00. The van der Waals surface area contributed by atoms with Crippen LogP contribution in [0.2, 0.25) is 5.02 Å². The van der Waals surface area contributed by atoms with Gasteiger partial charge < -0.3 is 5.32 Å². The van der Waals surface area contributed by atoms with Gasteiger partial charge in [-0.05, 0) is 29.9 Å². The van der Waals surface area contributed by atoms with Crippen LogP contribution in [-0.4, -0.2) is 5.91 Å². The van der Waals surface area contributed by atoms with Crippen LogP contribution in [0.4, 0.5) is 5.69 Å². The maximum Gasteiger partial charge on any atom is 0.232 e. The van der Waals surface area contributed by atoms with Crippen LogP contribution in [0.25, 0.3) is 0 Å². The number of hydrogen-bond acceptors (Lipinski definition) is 1. The minimum atomic E-state index is -0.0499. The first-order valence-corrected chi connectivity index (χ1v) is 6.47. The summed E-state index contributed by atoms with van der Waals surface area (Å²) in [5, 5.41) is 3.53. The monoisotopic (exact) mass is 251 g/mol. The Morgan fingerprint density at radius 2 is 2.06 bits per heavy atom. The predicted octanol–water partition coefficient (Wildman–Crippen LogP) is 4.06. The fourth-order valence-electron chi connectivity index (χ4n) is 2.72. The molecule has 3 heteroatoms. The lowest BCUT2D eigenvalue weighted by molar-refractivity contribution is -0.118. The van der Waals surface area contributed by atoms with E-state index in [1.54, 1.807) is 0 Å². The maximum atomic E-state index is 12.0. The molecule has 0 aromatic heterocycles. The van der Waals surface area contributed by atoms with Gasteiger partial charge in [0.25, 0.3) is 0 Å². The van der Waals surface area contributed by atoms with Crippen molar-refractivity contribution in [2.45, 2.75) is 33.1 Å². The number of hydrogen-bond donors (Lipinski definition) is 1. The molecule has 2 unspecified atom stereocenters. The Labute approximate surface area is 107 Å². The van der Waals surface area contributed by atoms with Gasteiger partial charge in [-0.15, -0.1) is 0 Å². The van der Waals surface area contributed by atoms with Gasteiger partial charge in [0.15, 0.2) is 0 Å². The van der Waals surface area contributed by atoms with Crippen LogP contribution < -0.4 is 5.32 Å². The fourth-order valence-corrected chi connectivity index (χ4v) is 2.95. The van der Waals surface area contributed by atoms with Gasteiger partial charge in [0.2, 0.25) is 5.91 Å². The van der Waals surface area contributed by atoms with Crippen molar-refractivity contribution in [1.82, 2.24) is 0 Å². The van der Waals surface area contributed by atoms with Crippen molar-refractivity contribution in [2.75, 3.05) is 5.32 Å². The van der Waals surface area contributed by atoms with Crippen LogP contribution in [-0.2, 0) is 4.79 Å². The highest BCUT2D eigenvalue weighted by Gasteiger charge is 2.35. The van der Waals surface area contributed by atoms with Crippen LogP contribution in [0.15, 0.2) is 18.2 Å². The summed E-state index contributed by atoms with van der Waals surface area (Å²) < 4.78 is 0. The summed E-state index contributed by atoms with van der Waals surface area (Å²) in [5.41, 5.74) is 1.86. The molecule has 0 aliphatic carbocycles.